The summed E-state index contributed by atoms with van der Waals surface area (Å²) >= 11 is 0. The van der Waals surface area contributed by atoms with Crippen LogP contribution in [0, 0.1) is 0 Å². The topological polar surface area (TPSA) is 120 Å². The minimum absolute atomic E-state index is 0.0631. The summed E-state index contributed by atoms with van der Waals surface area (Å²) in [5.41, 5.74) is -1.22. The van der Waals surface area contributed by atoms with Crippen molar-refractivity contribution in [1.82, 2.24) is 0 Å². The molecule has 1 aromatic rings. The van der Waals surface area contributed by atoms with E-state index in [1.807, 2.05) is 0 Å². The Kier molecular flexibility index (Phi) is 5.36. The number of hydrogen-bond donors (Lipinski definition) is 1. The lowest BCUT2D eigenvalue weighted by Gasteiger charge is -2.21. The lowest BCUT2D eigenvalue weighted by Crippen LogP contribution is -2.42. The van der Waals surface area contributed by atoms with Gasteiger partial charge in [-0.05, 0) is 26.0 Å². The number of alkyl halides is 2. The number of esters is 2. The molecule has 0 saturated carbocycles. The molecule has 1 aliphatic rings. The molecule has 8 nitrogen and oxygen atoms in total. The molecular weight excluding hydrogens is 378 g/mol. The van der Waals surface area contributed by atoms with E-state index in [2.05, 4.69) is 4.74 Å². The number of rotatable bonds is 7. The number of carbonyl (C=O) groups excluding carboxylic acids is 2. The van der Waals surface area contributed by atoms with Gasteiger partial charge in [0.25, 0.3) is 0 Å². The van der Waals surface area contributed by atoms with Crippen LogP contribution < -0.4 is 0 Å². The SMILES string of the molecule is CC(OC(=O)c1ccccc1C(=O)OCC1(C)CO1)C(F)(F)S(=O)(=O)O. The van der Waals surface area contributed by atoms with Crippen molar-refractivity contribution >= 4 is 22.1 Å². The standard InChI is InChI=1S/C15H16F2O8S/c1-9(15(16,17)26(20,21)22)25-13(19)11-6-4-3-5-10(11)12(18)23-7-14(2)8-24-14/h3-6,9H,7-8H2,1-2H3,(H,20,21,22). The van der Waals surface area contributed by atoms with E-state index in [0.717, 1.165) is 6.07 Å². The first-order chi connectivity index (χ1) is 11.9. The summed E-state index contributed by atoms with van der Waals surface area (Å²) in [5, 5.41) is -4.71. The molecule has 0 aromatic heterocycles. The summed E-state index contributed by atoms with van der Waals surface area (Å²) < 4.78 is 71.4. The fourth-order valence-corrected chi connectivity index (χ4v) is 2.31. The van der Waals surface area contributed by atoms with Gasteiger partial charge in [-0.1, -0.05) is 12.1 Å². The van der Waals surface area contributed by atoms with Gasteiger partial charge in [0.2, 0.25) is 0 Å². The predicted molar refractivity (Wildman–Crippen MR) is 82.5 cm³/mol. The normalized spacial score (nSPS) is 21.0. The molecule has 2 atom stereocenters. The number of ether oxygens (including phenoxy) is 3. The molecule has 2 unspecified atom stereocenters. The maximum atomic E-state index is 13.5. The Morgan fingerprint density at radius 1 is 1.31 bits per heavy atom. The van der Waals surface area contributed by atoms with Crippen LogP contribution in [0.2, 0.25) is 0 Å². The molecule has 26 heavy (non-hydrogen) atoms. The molecule has 0 bridgehead atoms. The van der Waals surface area contributed by atoms with E-state index in [-0.39, 0.29) is 12.2 Å². The van der Waals surface area contributed by atoms with Crippen molar-refractivity contribution in [2.75, 3.05) is 13.2 Å². The molecular formula is C15H16F2O8S. The largest absolute Gasteiger partial charge is 0.459 e. The highest BCUT2D eigenvalue weighted by atomic mass is 32.2. The van der Waals surface area contributed by atoms with Crippen LogP contribution in [-0.2, 0) is 24.3 Å². The lowest BCUT2D eigenvalue weighted by atomic mass is 10.1. The van der Waals surface area contributed by atoms with E-state index in [1.54, 1.807) is 6.92 Å². The van der Waals surface area contributed by atoms with Crippen LogP contribution in [0.1, 0.15) is 34.6 Å². The highest BCUT2D eigenvalue weighted by Gasteiger charge is 2.52. The third kappa shape index (κ3) is 4.34. The van der Waals surface area contributed by atoms with E-state index >= 15 is 0 Å². The van der Waals surface area contributed by atoms with Crippen LogP contribution in [0.5, 0.6) is 0 Å². The molecule has 1 saturated heterocycles. The van der Waals surface area contributed by atoms with Gasteiger partial charge in [0.1, 0.15) is 12.2 Å². The van der Waals surface area contributed by atoms with E-state index in [9.17, 15) is 26.8 Å². The fraction of sp³-hybridized carbons (Fsp3) is 0.467. The van der Waals surface area contributed by atoms with Gasteiger partial charge in [0, 0.05) is 0 Å². The van der Waals surface area contributed by atoms with Gasteiger partial charge in [0.15, 0.2) is 6.10 Å². The molecule has 1 N–H and O–H groups in total. The summed E-state index contributed by atoms with van der Waals surface area (Å²) in [7, 11) is -5.79. The van der Waals surface area contributed by atoms with Crippen molar-refractivity contribution in [2.45, 2.75) is 30.8 Å². The molecule has 1 aliphatic heterocycles. The Hall–Kier alpha value is -2.11. The van der Waals surface area contributed by atoms with E-state index in [4.69, 9.17) is 14.0 Å². The van der Waals surface area contributed by atoms with Gasteiger partial charge < -0.3 is 14.2 Å². The van der Waals surface area contributed by atoms with Crippen LogP contribution >= 0.6 is 0 Å². The van der Waals surface area contributed by atoms with Gasteiger partial charge in [-0.2, -0.15) is 17.2 Å². The second kappa shape index (κ2) is 6.89. The molecule has 0 radical (unpaired) electrons. The second-order valence-corrected chi connectivity index (χ2v) is 7.44. The maximum absolute atomic E-state index is 13.5. The Labute approximate surface area is 147 Å². The lowest BCUT2D eigenvalue weighted by molar-refractivity contribution is -0.0550. The van der Waals surface area contributed by atoms with Crippen molar-refractivity contribution in [2.24, 2.45) is 0 Å². The van der Waals surface area contributed by atoms with Crippen LogP contribution in [0.15, 0.2) is 24.3 Å². The number of carbonyl (C=O) groups is 2. The van der Waals surface area contributed by atoms with Crippen LogP contribution in [0.4, 0.5) is 8.78 Å². The van der Waals surface area contributed by atoms with Crippen LogP contribution in [-0.4, -0.2) is 55.1 Å². The number of benzene rings is 1. The molecule has 144 valence electrons. The maximum Gasteiger partial charge on any atom is 0.405 e. The second-order valence-electron chi connectivity index (χ2n) is 5.94. The first-order valence-electron chi connectivity index (χ1n) is 7.33. The quantitative estimate of drug-likeness (QED) is 0.421. The van der Waals surface area contributed by atoms with Crippen molar-refractivity contribution in [3.63, 3.8) is 0 Å². The van der Waals surface area contributed by atoms with E-state index in [1.165, 1.54) is 18.2 Å². The van der Waals surface area contributed by atoms with Gasteiger partial charge in [-0.25, -0.2) is 9.59 Å². The molecule has 0 aliphatic carbocycles. The van der Waals surface area contributed by atoms with E-state index in [0.29, 0.717) is 13.5 Å². The first kappa shape index (κ1) is 20.2. The van der Waals surface area contributed by atoms with Gasteiger partial charge >= 0.3 is 27.3 Å². The van der Waals surface area contributed by atoms with Crippen molar-refractivity contribution in [3.05, 3.63) is 35.4 Å². The number of halogens is 2. The predicted octanol–water partition coefficient (Wildman–Crippen LogP) is 1.66. The smallest absolute Gasteiger partial charge is 0.405 e. The fourth-order valence-electron chi connectivity index (χ4n) is 1.84. The van der Waals surface area contributed by atoms with Gasteiger partial charge in [-0.15, -0.1) is 0 Å². The molecule has 0 spiro atoms. The Morgan fingerprint density at radius 3 is 2.27 bits per heavy atom. The van der Waals surface area contributed by atoms with Crippen molar-refractivity contribution < 1.29 is 45.6 Å². The minimum atomic E-state index is -5.79. The van der Waals surface area contributed by atoms with Gasteiger partial charge in [0.05, 0.1) is 17.7 Å². The Bertz CT molecular complexity index is 817. The highest BCUT2D eigenvalue weighted by Crippen LogP contribution is 2.29. The summed E-state index contributed by atoms with van der Waals surface area (Å²) in [4.78, 5) is 24.2. The summed E-state index contributed by atoms with van der Waals surface area (Å²) in [6.45, 7) is 2.65. The average molecular weight is 394 g/mol. The zero-order valence-electron chi connectivity index (χ0n) is 13.8. The van der Waals surface area contributed by atoms with Crippen LogP contribution in [0.3, 0.4) is 0 Å². The summed E-state index contributed by atoms with van der Waals surface area (Å²) in [6.07, 6.45) is -2.49. The molecule has 1 heterocycles. The first-order valence-corrected chi connectivity index (χ1v) is 8.77. The molecule has 2 rings (SSSR count). The highest BCUT2D eigenvalue weighted by molar-refractivity contribution is 7.86. The van der Waals surface area contributed by atoms with Crippen molar-refractivity contribution in [3.8, 4) is 0 Å². The monoisotopic (exact) mass is 394 g/mol. The third-order valence-electron chi connectivity index (χ3n) is 3.61. The average Bonchev–Trinajstić information content (AvgIpc) is 3.29. The third-order valence-corrected chi connectivity index (χ3v) is 4.63. The van der Waals surface area contributed by atoms with E-state index < -0.39 is 44.6 Å². The Balaban J connectivity index is 2.15. The summed E-state index contributed by atoms with van der Waals surface area (Å²) in [5.74, 6) is -2.27. The molecule has 1 aromatic carbocycles. The number of epoxide rings is 1. The number of hydrogen-bond acceptors (Lipinski definition) is 7. The molecule has 0 amide bonds. The Morgan fingerprint density at radius 2 is 1.81 bits per heavy atom. The van der Waals surface area contributed by atoms with Crippen LogP contribution in [0.25, 0.3) is 0 Å². The minimum Gasteiger partial charge on any atom is -0.459 e. The summed E-state index contributed by atoms with van der Waals surface area (Å²) in [6, 6.07) is 5.12. The zero-order valence-corrected chi connectivity index (χ0v) is 14.6. The zero-order chi connectivity index (χ0) is 19.8. The molecule has 1 fully saturated rings. The molecule has 11 heteroatoms. The van der Waals surface area contributed by atoms with Gasteiger partial charge in [-0.3, -0.25) is 4.55 Å². The van der Waals surface area contributed by atoms with Crippen molar-refractivity contribution in [1.29, 1.82) is 0 Å².